The van der Waals surface area contributed by atoms with Gasteiger partial charge >= 0.3 is 16.2 Å². The molecule has 0 aromatic carbocycles. The molecule has 0 saturated heterocycles. The molecular formula is C7H15AlN2. The number of hydrogen-bond donors (Lipinski definition) is 0. The van der Waals surface area contributed by atoms with E-state index in [-0.39, 0.29) is 0 Å². The van der Waals surface area contributed by atoms with E-state index in [1.54, 1.807) is 18.0 Å². The van der Waals surface area contributed by atoms with Crippen LogP contribution in [0, 0.1) is 0 Å². The molecule has 0 aromatic heterocycles. The zero-order valence-electron chi connectivity index (χ0n) is 9.05. The van der Waals surface area contributed by atoms with Gasteiger partial charge in [0.25, 0.3) is 0 Å². The Morgan fingerprint density at radius 2 is 2.30 bits per heavy atom. The molecule has 0 rings (SSSR count). The van der Waals surface area contributed by atoms with Crippen LogP contribution in [0.5, 0.6) is 0 Å². The molecule has 10 heavy (non-hydrogen) atoms. The molecule has 0 aliphatic carbocycles. The van der Waals surface area contributed by atoms with E-state index >= 15 is 0 Å². The van der Waals surface area contributed by atoms with E-state index in [0.717, 1.165) is 11.4 Å². The van der Waals surface area contributed by atoms with Gasteiger partial charge in [-0.05, 0) is 34.5 Å². The maximum absolute atomic E-state index is 7.27. The van der Waals surface area contributed by atoms with Crippen molar-refractivity contribution in [1.29, 1.82) is 1.88 Å². The zero-order valence-corrected chi connectivity index (χ0v) is 8.20. The maximum atomic E-state index is 7.27. The molecule has 0 saturated carbocycles. The third-order valence-corrected chi connectivity index (χ3v) is 1.73. The van der Waals surface area contributed by atoms with Gasteiger partial charge in [-0.1, -0.05) is 0 Å². The molecule has 56 valence electrons. The number of hydrogen-bond acceptors (Lipinski definition) is 2. The van der Waals surface area contributed by atoms with Crippen LogP contribution in [-0.4, -0.2) is 41.8 Å². The van der Waals surface area contributed by atoms with E-state index in [1.165, 1.54) is 0 Å². The van der Waals surface area contributed by atoms with Gasteiger partial charge in [-0.2, -0.15) is 0 Å². The van der Waals surface area contributed by atoms with Crippen molar-refractivity contribution in [1.82, 2.24) is 3.88 Å². The summed E-state index contributed by atoms with van der Waals surface area (Å²) in [5.74, 6) is 0. The van der Waals surface area contributed by atoms with E-state index in [9.17, 15) is 0 Å². The average molecular weight is 156 g/mol. The minimum absolute atomic E-state index is 0.925. The molecule has 0 bridgehead atoms. The van der Waals surface area contributed by atoms with Crippen molar-refractivity contribution < 1.29 is 0 Å². The molecule has 2 nitrogen and oxygen atoms in total. The van der Waals surface area contributed by atoms with Crippen LogP contribution >= 0.6 is 0 Å². The van der Waals surface area contributed by atoms with Gasteiger partial charge in [-0.25, -0.2) is 0 Å². The lowest BCUT2D eigenvalue weighted by atomic mass is 10.3. The first-order valence-corrected chi connectivity index (χ1v) is 3.69. The van der Waals surface area contributed by atoms with Gasteiger partial charge in [0.1, 0.15) is 0 Å². The predicted octanol–water partition coefficient (Wildman–Crippen LogP) is 0.461. The third-order valence-electron chi connectivity index (χ3n) is 1.33. The van der Waals surface area contributed by atoms with Crippen molar-refractivity contribution >= 4 is 21.9 Å². The Labute approximate surface area is 73.0 Å². The Balaban J connectivity index is 4.37. The lowest BCUT2D eigenvalue weighted by molar-refractivity contribution is 0.681. The van der Waals surface area contributed by atoms with Gasteiger partial charge in [0.2, 0.25) is 0 Å². The number of allylic oxidation sites excluding steroid dienone is 2. The monoisotopic (exact) mass is 156 g/mol. The van der Waals surface area contributed by atoms with Crippen molar-refractivity contribution in [3.63, 3.8) is 0 Å². The molecular weight excluding hydrogens is 139 g/mol. The summed E-state index contributed by atoms with van der Waals surface area (Å²) >= 11 is -2.18. The average Bonchev–Trinajstić information content (AvgIpc) is 2.02. The molecule has 0 aromatic rings. The summed E-state index contributed by atoms with van der Waals surface area (Å²) in [4.78, 5) is 3.98. The summed E-state index contributed by atoms with van der Waals surface area (Å²) < 4.78 is 16.2. The second-order valence-electron chi connectivity index (χ2n) is 2.26. The van der Waals surface area contributed by atoms with Crippen LogP contribution in [-0.2, 0) is 0 Å². The van der Waals surface area contributed by atoms with E-state index in [4.69, 9.17) is 1.88 Å². The Bertz CT molecular complexity index is 202. The van der Waals surface area contributed by atoms with Gasteiger partial charge in [-0.3, -0.25) is 4.99 Å². The Kier molecular flexibility index (Phi) is 2.93. The van der Waals surface area contributed by atoms with Crippen LogP contribution in [0.4, 0.5) is 0 Å². The number of aliphatic imine (C=N–C) groups is 1. The van der Waals surface area contributed by atoms with E-state index in [1.807, 2.05) is 19.9 Å². The van der Waals surface area contributed by atoms with Gasteiger partial charge in [-0.15, -0.1) is 0 Å². The third kappa shape index (κ3) is 3.71. The zero-order chi connectivity index (χ0) is 9.72. The van der Waals surface area contributed by atoms with Gasteiger partial charge in [0, 0.05) is 12.8 Å². The van der Waals surface area contributed by atoms with E-state index in [2.05, 4.69) is 4.99 Å². The molecule has 0 atom stereocenters. The number of nitrogens with zero attached hydrogens (tertiary/aromatic N) is 2. The molecule has 3 heteroatoms. The summed E-state index contributed by atoms with van der Waals surface area (Å²) in [5, 5.41) is 0. The largest absolute Gasteiger partial charge is 0.474 e. The maximum Gasteiger partial charge on any atom is 0.363 e. The van der Waals surface area contributed by atoms with Gasteiger partial charge in [0.15, 0.2) is 0 Å². The fourth-order valence-electron chi connectivity index (χ4n) is 0.469. The lowest BCUT2D eigenvalue weighted by Crippen LogP contribution is -2.11. The van der Waals surface area contributed by atoms with Crippen LogP contribution in [0.3, 0.4) is 0 Å². The van der Waals surface area contributed by atoms with Crippen molar-refractivity contribution in [2.75, 3.05) is 14.1 Å². The first-order valence-electron chi connectivity index (χ1n) is 4.33. The van der Waals surface area contributed by atoms with Crippen molar-refractivity contribution in [3.05, 3.63) is 11.8 Å². The van der Waals surface area contributed by atoms with Crippen LogP contribution in [0.15, 0.2) is 16.8 Å². The fourth-order valence-corrected chi connectivity index (χ4v) is 0.543. The van der Waals surface area contributed by atoms with Crippen LogP contribution < -0.4 is 0 Å². The van der Waals surface area contributed by atoms with Crippen LogP contribution in [0.25, 0.3) is 0 Å². The summed E-state index contributed by atoms with van der Waals surface area (Å²) in [6.07, 6.45) is 1.89. The molecule has 0 unspecified atom stereocenters. The highest BCUT2D eigenvalue weighted by molar-refractivity contribution is 6.06. The Morgan fingerprint density at radius 1 is 1.70 bits per heavy atom. The lowest BCUT2D eigenvalue weighted by Gasteiger charge is -2.13. The standard InChI is InChI=1S/C7H13N2.Al.2H/c1-6(8-3)5-7(2)9-4;;;/h5H,1-4H3;;;/q-1;+1;;/b6-5-,9-7?;;;/i;;2*1+1. The molecule has 0 amide bonds. The molecule has 0 spiro atoms. The summed E-state index contributed by atoms with van der Waals surface area (Å²) in [6.45, 7) is 3.81. The van der Waals surface area contributed by atoms with Crippen molar-refractivity contribution in [2.24, 2.45) is 4.99 Å². The predicted molar refractivity (Wildman–Crippen MR) is 49.1 cm³/mol. The van der Waals surface area contributed by atoms with E-state index < -0.39 is 16.2 Å². The van der Waals surface area contributed by atoms with Crippen LogP contribution in [0.2, 0.25) is 0 Å². The first kappa shape index (κ1) is 6.45. The normalized spacial score (nSPS) is 16.0. The first-order chi connectivity index (χ1) is 5.49. The summed E-state index contributed by atoms with van der Waals surface area (Å²) in [7, 11) is 3.51. The highest BCUT2D eigenvalue weighted by Gasteiger charge is 1.89. The highest BCUT2D eigenvalue weighted by Crippen LogP contribution is 1.95. The van der Waals surface area contributed by atoms with Crippen molar-refractivity contribution in [3.8, 4) is 0 Å². The molecule has 0 aliphatic rings. The molecule has 0 N–H and O–H groups in total. The van der Waals surface area contributed by atoms with E-state index in [0.29, 0.717) is 0 Å². The minimum Gasteiger partial charge on any atom is -0.474 e. The van der Waals surface area contributed by atoms with Crippen molar-refractivity contribution in [2.45, 2.75) is 13.8 Å². The SMILES string of the molecule is [2H][Al]([2H])[N](C)/C(C)=C\C(C)=NC. The smallest absolute Gasteiger partial charge is 0.363 e. The second-order valence-corrected chi connectivity index (χ2v) is 3.04. The summed E-state index contributed by atoms with van der Waals surface area (Å²) in [6, 6.07) is 0. The minimum atomic E-state index is -2.18. The Morgan fingerprint density at radius 3 is 2.70 bits per heavy atom. The number of rotatable bonds is 3. The molecule has 0 radical (unpaired) electrons. The van der Waals surface area contributed by atoms with Gasteiger partial charge < -0.3 is 3.88 Å². The highest BCUT2D eigenvalue weighted by atomic mass is 27.1. The quantitative estimate of drug-likeness (QED) is 0.428. The topological polar surface area (TPSA) is 15.6 Å². The van der Waals surface area contributed by atoms with Crippen LogP contribution in [0.1, 0.15) is 13.8 Å². The fraction of sp³-hybridized carbons (Fsp3) is 0.571. The molecule has 0 aliphatic heterocycles. The summed E-state index contributed by atoms with van der Waals surface area (Å²) in [5.41, 5.74) is 1.87. The second kappa shape index (κ2) is 4.54. The molecule has 0 heterocycles. The molecule has 0 fully saturated rings. The Hall–Kier alpha value is -0.258. The van der Waals surface area contributed by atoms with Gasteiger partial charge in [0.05, 0.1) is 0 Å².